The Kier molecular flexibility index (Phi) is 10.1. The molecule has 2 atom stereocenters. The van der Waals surface area contributed by atoms with E-state index in [1.807, 2.05) is 6.92 Å². The van der Waals surface area contributed by atoms with E-state index in [4.69, 9.17) is 9.47 Å². The summed E-state index contributed by atoms with van der Waals surface area (Å²) in [6.07, 6.45) is 10.2. The molecular weight excluding hydrogens is 648 g/mol. The predicted molar refractivity (Wildman–Crippen MR) is 168 cm³/mol. The number of hydrogen-bond acceptors (Lipinski definition) is 10. The van der Waals surface area contributed by atoms with Gasteiger partial charge >= 0.3 is 11.9 Å². The quantitative estimate of drug-likeness (QED) is 0.178. The number of carbonyl (C=O) groups is 3. The van der Waals surface area contributed by atoms with Crippen LogP contribution in [0.15, 0.2) is 46.9 Å². The number of hydrazone groups is 1. The van der Waals surface area contributed by atoms with Gasteiger partial charge in [0.05, 0.1) is 24.1 Å². The number of allylic oxidation sites excluding steroid dienone is 1. The number of aliphatic carboxylic acids is 1. The Hall–Kier alpha value is -4.70. The fourth-order valence-electron chi connectivity index (χ4n) is 6.13. The smallest absolute Gasteiger partial charge is 0.311 e. The Morgan fingerprint density at radius 1 is 1.10 bits per heavy atom. The number of pyridine rings is 1. The molecule has 2 fully saturated rings. The number of carboxylic acids is 1. The normalized spacial score (nSPS) is 21.1. The maximum Gasteiger partial charge on any atom is 0.311 e. The molecule has 0 bridgehead atoms. The van der Waals surface area contributed by atoms with Crippen LogP contribution < -0.4 is 5.32 Å². The average molecular weight is 683 g/mol. The number of halogens is 2. The number of aromatic nitrogens is 4. The van der Waals surface area contributed by atoms with Crippen LogP contribution in [-0.2, 0) is 25.8 Å². The van der Waals surface area contributed by atoms with Gasteiger partial charge in [0.2, 0.25) is 12.1 Å². The van der Waals surface area contributed by atoms with Crippen LogP contribution in [0.2, 0.25) is 0 Å². The molecular formula is C32H34F2N7O6S+. The SMILES string of the molecule is CCOC1CCC(=[N+]2C=C(NC(=O)c3csc(-c4cnn(COC(=O)[C@@H]5CCCC[C@H]5C(=O)O)c4)n3)C(c3nc(F)ccc3F)=N2)CC1. The van der Waals surface area contributed by atoms with Crippen molar-refractivity contribution in [3.8, 4) is 10.6 Å². The lowest BCUT2D eigenvalue weighted by Crippen LogP contribution is -2.34. The Morgan fingerprint density at radius 3 is 2.62 bits per heavy atom. The number of rotatable bonds is 10. The van der Waals surface area contributed by atoms with Gasteiger partial charge in [-0.1, -0.05) is 17.5 Å². The number of hydrogen-bond donors (Lipinski definition) is 2. The number of carbonyl (C=O) groups excluding carboxylic acids is 2. The van der Waals surface area contributed by atoms with E-state index < -0.39 is 41.4 Å². The number of esters is 1. The second-order valence-electron chi connectivity index (χ2n) is 11.7. The summed E-state index contributed by atoms with van der Waals surface area (Å²) in [5.74, 6) is -5.29. The number of nitrogens with one attached hydrogen (secondary N) is 1. The highest BCUT2D eigenvalue weighted by Gasteiger charge is 2.37. The summed E-state index contributed by atoms with van der Waals surface area (Å²) in [5.41, 5.74) is 1.38. The lowest BCUT2D eigenvalue weighted by molar-refractivity contribution is -0.461. The van der Waals surface area contributed by atoms with Crippen molar-refractivity contribution in [1.82, 2.24) is 25.1 Å². The van der Waals surface area contributed by atoms with Crippen molar-refractivity contribution in [3.05, 3.63) is 65.0 Å². The molecule has 0 aromatic carbocycles. The molecule has 3 aliphatic rings. The molecule has 2 N–H and O–H groups in total. The first-order valence-electron chi connectivity index (χ1n) is 15.8. The zero-order valence-electron chi connectivity index (χ0n) is 26.1. The molecule has 13 nitrogen and oxygen atoms in total. The topological polar surface area (TPSA) is 161 Å². The first-order valence-corrected chi connectivity index (χ1v) is 16.7. The number of ether oxygens (including phenoxy) is 2. The van der Waals surface area contributed by atoms with Gasteiger partial charge in [-0.05, 0) is 44.7 Å². The van der Waals surface area contributed by atoms with Gasteiger partial charge in [-0.2, -0.15) is 9.49 Å². The molecule has 1 amide bonds. The largest absolute Gasteiger partial charge is 0.481 e. The zero-order chi connectivity index (χ0) is 33.8. The monoisotopic (exact) mass is 682 g/mol. The molecule has 6 rings (SSSR count). The van der Waals surface area contributed by atoms with Crippen LogP contribution in [0.3, 0.4) is 0 Å². The van der Waals surface area contributed by atoms with Gasteiger partial charge in [0.15, 0.2) is 24.0 Å². The fraction of sp³-hybridized carbons (Fsp3) is 0.438. The molecule has 0 spiro atoms. The van der Waals surface area contributed by atoms with Crippen molar-refractivity contribution in [2.24, 2.45) is 16.9 Å². The van der Waals surface area contributed by atoms with Gasteiger partial charge in [0.25, 0.3) is 5.91 Å². The molecule has 0 saturated heterocycles. The molecule has 0 radical (unpaired) electrons. The zero-order valence-corrected chi connectivity index (χ0v) is 26.9. The van der Waals surface area contributed by atoms with E-state index in [1.165, 1.54) is 22.2 Å². The van der Waals surface area contributed by atoms with E-state index in [9.17, 15) is 28.3 Å². The highest BCUT2D eigenvalue weighted by atomic mass is 32.1. The van der Waals surface area contributed by atoms with Crippen molar-refractivity contribution in [2.75, 3.05) is 6.61 Å². The van der Waals surface area contributed by atoms with Crippen LogP contribution >= 0.6 is 11.3 Å². The Labute approximate surface area is 278 Å². The summed E-state index contributed by atoms with van der Waals surface area (Å²) in [5, 5.41) is 22.9. The summed E-state index contributed by atoms with van der Waals surface area (Å²) in [6.45, 7) is 2.37. The van der Waals surface area contributed by atoms with Crippen molar-refractivity contribution in [3.63, 3.8) is 0 Å². The molecule has 252 valence electrons. The molecule has 1 aliphatic heterocycles. The average Bonchev–Trinajstić information content (AvgIpc) is 3.86. The molecule has 48 heavy (non-hydrogen) atoms. The van der Waals surface area contributed by atoms with E-state index in [0.29, 0.717) is 42.9 Å². The van der Waals surface area contributed by atoms with Crippen LogP contribution in [-0.4, -0.2) is 71.5 Å². The molecule has 0 unspecified atom stereocenters. The van der Waals surface area contributed by atoms with Crippen molar-refractivity contribution in [1.29, 1.82) is 0 Å². The van der Waals surface area contributed by atoms with Crippen molar-refractivity contribution in [2.45, 2.75) is 71.1 Å². The standard InChI is InChI=1S/C32H33F2N7O6S/c1-2-46-20-9-7-19(8-10-20)41-15-24(28(39-41)27-23(33)11-12-26(34)38-27)36-29(42)25-16-48-30(37-25)18-13-35-40(14-18)17-47-32(45)22-6-4-3-5-21(22)31(43)44/h11-16,20-22H,2-10,17H2,1H3,(H-,36,42,43,44)/p+1/t20?,21-,22-/m1/s1. The highest BCUT2D eigenvalue weighted by Crippen LogP contribution is 2.31. The number of thiazole rings is 1. The van der Waals surface area contributed by atoms with E-state index >= 15 is 0 Å². The lowest BCUT2D eigenvalue weighted by atomic mass is 9.79. The number of carboxylic acid groups (broad SMARTS) is 1. The second kappa shape index (κ2) is 14.6. The summed E-state index contributed by atoms with van der Waals surface area (Å²) < 4.78 is 43.0. The van der Waals surface area contributed by atoms with Crippen LogP contribution in [0, 0.1) is 23.6 Å². The lowest BCUT2D eigenvalue weighted by Gasteiger charge is -2.26. The van der Waals surface area contributed by atoms with Crippen molar-refractivity contribution >= 4 is 40.6 Å². The van der Waals surface area contributed by atoms with Gasteiger partial charge in [-0.15, -0.1) is 11.3 Å². The van der Waals surface area contributed by atoms with E-state index in [-0.39, 0.29) is 35.6 Å². The van der Waals surface area contributed by atoms with E-state index in [0.717, 1.165) is 43.5 Å². The minimum atomic E-state index is -0.997. The first-order chi connectivity index (χ1) is 23.2. The summed E-state index contributed by atoms with van der Waals surface area (Å²) in [6, 6.07) is 1.87. The first kappa shape index (κ1) is 33.2. The van der Waals surface area contributed by atoms with Crippen LogP contribution in [0.5, 0.6) is 0 Å². The Morgan fingerprint density at radius 2 is 1.88 bits per heavy atom. The van der Waals surface area contributed by atoms with Crippen LogP contribution in [0.1, 0.15) is 74.5 Å². The van der Waals surface area contributed by atoms with E-state index in [1.54, 1.807) is 22.5 Å². The third kappa shape index (κ3) is 7.39. The fourth-order valence-corrected chi connectivity index (χ4v) is 6.91. The highest BCUT2D eigenvalue weighted by molar-refractivity contribution is 7.13. The summed E-state index contributed by atoms with van der Waals surface area (Å²) >= 11 is 1.19. The third-order valence-electron chi connectivity index (χ3n) is 8.58. The number of amides is 1. The minimum absolute atomic E-state index is 0.0195. The molecule has 2 saturated carbocycles. The second-order valence-corrected chi connectivity index (χ2v) is 12.6. The minimum Gasteiger partial charge on any atom is -0.481 e. The van der Waals surface area contributed by atoms with Gasteiger partial charge in [-0.25, -0.2) is 19.0 Å². The van der Waals surface area contributed by atoms with Crippen LogP contribution in [0.25, 0.3) is 10.6 Å². The predicted octanol–water partition coefficient (Wildman–Crippen LogP) is 4.49. The van der Waals surface area contributed by atoms with Gasteiger partial charge < -0.3 is 19.9 Å². The van der Waals surface area contributed by atoms with Gasteiger partial charge in [0, 0.05) is 41.7 Å². The Bertz CT molecular complexity index is 1810. The van der Waals surface area contributed by atoms with E-state index in [2.05, 4.69) is 25.5 Å². The Balaban J connectivity index is 1.15. The summed E-state index contributed by atoms with van der Waals surface area (Å²) in [7, 11) is 0. The molecule has 2 aliphatic carbocycles. The van der Waals surface area contributed by atoms with Gasteiger partial charge in [0.1, 0.15) is 22.1 Å². The number of nitrogens with zero attached hydrogens (tertiary/aromatic N) is 6. The maximum atomic E-state index is 14.8. The van der Waals surface area contributed by atoms with Crippen LogP contribution in [0.4, 0.5) is 8.78 Å². The summed E-state index contributed by atoms with van der Waals surface area (Å²) in [4.78, 5) is 45.7. The van der Waals surface area contributed by atoms with Gasteiger partial charge in [-0.3, -0.25) is 14.4 Å². The maximum absolute atomic E-state index is 14.8. The molecule has 3 aromatic rings. The third-order valence-corrected chi connectivity index (χ3v) is 9.47. The molecule has 4 heterocycles. The van der Waals surface area contributed by atoms with Crippen molar-refractivity contribution < 1.29 is 42.4 Å². The molecule has 16 heteroatoms. The molecule has 3 aromatic heterocycles.